The maximum Gasteiger partial charge on any atom is 0.359 e. The number of para-hydroxylation sites is 1. The Morgan fingerprint density at radius 2 is 2.04 bits per heavy atom. The normalized spacial score (nSPS) is 12.0. The van der Waals surface area contributed by atoms with E-state index >= 15 is 0 Å². The summed E-state index contributed by atoms with van der Waals surface area (Å²) in [6.45, 7) is 3.38. The molecule has 9 heteroatoms. The third kappa shape index (κ3) is 3.72. The van der Waals surface area contributed by atoms with Crippen molar-refractivity contribution >= 4 is 50.6 Å². The number of carbonyl (C=O) groups excluding carboxylic acids is 2. The molecule has 1 aromatic carbocycles. The molecule has 0 aliphatic heterocycles. The summed E-state index contributed by atoms with van der Waals surface area (Å²) in [5, 5.41) is 8.50. The maximum atomic E-state index is 13.1. The molecule has 0 bridgehead atoms. The fourth-order valence-electron chi connectivity index (χ4n) is 2.45. The highest BCUT2D eigenvalue weighted by Gasteiger charge is 2.23. The summed E-state index contributed by atoms with van der Waals surface area (Å²) in [7, 11) is 0. The van der Waals surface area contributed by atoms with Crippen LogP contribution in [0.25, 0.3) is 16.5 Å². The van der Waals surface area contributed by atoms with Crippen LogP contribution >= 0.6 is 22.9 Å². The topological polar surface area (TPSA) is 90.3 Å². The molecule has 1 amide bonds. The number of rotatable bonds is 5. The molecule has 0 aliphatic carbocycles. The summed E-state index contributed by atoms with van der Waals surface area (Å²) in [4.78, 5) is 37.4. The van der Waals surface area contributed by atoms with Crippen LogP contribution in [0, 0.1) is 0 Å². The van der Waals surface area contributed by atoms with Gasteiger partial charge in [-0.15, -0.1) is 22.9 Å². The number of alkyl halides is 1. The van der Waals surface area contributed by atoms with Gasteiger partial charge in [0.2, 0.25) is 5.91 Å². The van der Waals surface area contributed by atoms with Crippen LogP contribution < -0.4 is 10.9 Å². The van der Waals surface area contributed by atoms with Crippen LogP contribution in [-0.4, -0.2) is 33.6 Å². The van der Waals surface area contributed by atoms with Crippen molar-refractivity contribution < 1.29 is 14.3 Å². The monoisotopic (exact) mass is 405 g/mol. The van der Waals surface area contributed by atoms with Crippen molar-refractivity contribution in [2.24, 2.45) is 0 Å². The predicted octanol–water partition coefficient (Wildman–Crippen LogP) is 3.19. The number of hydrogen-bond donors (Lipinski definition) is 1. The van der Waals surface area contributed by atoms with E-state index in [0.29, 0.717) is 16.1 Å². The SMILES string of the molecule is CCOC(=O)c1nn(-c2ccccc2)c(=O)c2c(NC(=O)[C@@H](C)Cl)scc12. The van der Waals surface area contributed by atoms with Gasteiger partial charge in [-0.2, -0.15) is 9.78 Å². The fourth-order valence-corrected chi connectivity index (χ4v) is 3.44. The number of nitrogens with one attached hydrogen (secondary N) is 1. The Morgan fingerprint density at radius 3 is 2.67 bits per heavy atom. The molecule has 1 atom stereocenters. The molecule has 0 aliphatic rings. The molecule has 0 fully saturated rings. The zero-order valence-corrected chi connectivity index (χ0v) is 16.1. The maximum absolute atomic E-state index is 13.1. The summed E-state index contributed by atoms with van der Waals surface area (Å²) in [6, 6.07) is 8.70. The second kappa shape index (κ2) is 7.89. The molecule has 0 spiro atoms. The molecule has 140 valence electrons. The van der Waals surface area contributed by atoms with E-state index in [9.17, 15) is 14.4 Å². The Kier molecular flexibility index (Phi) is 5.57. The van der Waals surface area contributed by atoms with E-state index in [4.69, 9.17) is 16.3 Å². The molecule has 0 unspecified atom stereocenters. The Labute approximate surface area is 163 Å². The molecule has 2 aromatic heterocycles. The molecule has 2 heterocycles. The van der Waals surface area contributed by atoms with Gasteiger partial charge < -0.3 is 10.1 Å². The number of esters is 1. The third-order valence-electron chi connectivity index (χ3n) is 3.72. The molecule has 3 aromatic rings. The van der Waals surface area contributed by atoms with Crippen molar-refractivity contribution in [1.82, 2.24) is 9.78 Å². The summed E-state index contributed by atoms with van der Waals surface area (Å²) >= 11 is 6.93. The van der Waals surface area contributed by atoms with E-state index in [0.717, 1.165) is 16.0 Å². The number of nitrogens with zero attached hydrogens (tertiary/aromatic N) is 2. The number of aromatic nitrogens is 2. The van der Waals surface area contributed by atoms with Gasteiger partial charge in [0.05, 0.1) is 17.7 Å². The molecular formula is C18H16ClN3O4S. The molecule has 0 saturated heterocycles. The number of benzene rings is 1. The Bertz CT molecular complexity index is 1060. The number of amides is 1. The molecular weight excluding hydrogens is 390 g/mol. The quantitative estimate of drug-likeness (QED) is 0.520. The van der Waals surface area contributed by atoms with E-state index in [1.807, 2.05) is 0 Å². The lowest BCUT2D eigenvalue weighted by molar-refractivity contribution is -0.115. The molecule has 27 heavy (non-hydrogen) atoms. The van der Waals surface area contributed by atoms with Gasteiger partial charge in [0, 0.05) is 10.8 Å². The third-order valence-corrected chi connectivity index (χ3v) is 4.81. The van der Waals surface area contributed by atoms with Crippen molar-refractivity contribution in [2.75, 3.05) is 11.9 Å². The van der Waals surface area contributed by atoms with Gasteiger partial charge in [-0.05, 0) is 26.0 Å². The highest BCUT2D eigenvalue weighted by Crippen LogP contribution is 2.30. The van der Waals surface area contributed by atoms with Crippen LogP contribution in [0.2, 0.25) is 0 Å². The Balaban J connectivity index is 2.27. The van der Waals surface area contributed by atoms with E-state index in [-0.39, 0.29) is 17.7 Å². The first-order valence-corrected chi connectivity index (χ1v) is 9.47. The Morgan fingerprint density at radius 1 is 1.33 bits per heavy atom. The van der Waals surface area contributed by atoms with Crippen molar-refractivity contribution in [3.8, 4) is 5.69 Å². The van der Waals surface area contributed by atoms with E-state index in [2.05, 4.69) is 10.4 Å². The van der Waals surface area contributed by atoms with Gasteiger partial charge in [0.1, 0.15) is 10.4 Å². The standard InChI is InChI=1S/C18H16ClN3O4S/c1-3-26-18(25)14-12-9-27-16(20-15(23)10(2)19)13(12)17(24)22(21-14)11-7-5-4-6-8-11/h4-10H,3H2,1-2H3,(H,20,23)/t10-/m1/s1. The van der Waals surface area contributed by atoms with Crippen LogP contribution in [0.1, 0.15) is 24.3 Å². The lowest BCUT2D eigenvalue weighted by Crippen LogP contribution is -2.26. The van der Waals surface area contributed by atoms with E-state index < -0.39 is 22.8 Å². The van der Waals surface area contributed by atoms with Crippen molar-refractivity contribution in [2.45, 2.75) is 19.2 Å². The lowest BCUT2D eigenvalue weighted by Gasteiger charge is -2.10. The summed E-state index contributed by atoms with van der Waals surface area (Å²) < 4.78 is 6.20. The minimum Gasteiger partial charge on any atom is -0.461 e. The minimum absolute atomic E-state index is 0.00553. The number of halogens is 1. The van der Waals surface area contributed by atoms with Gasteiger partial charge in [0.25, 0.3) is 5.56 Å². The van der Waals surface area contributed by atoms with Crippen LogP contribution in [0.3, 0.4) is 0 Å². The number of fused-ring (bicyclic) bond motifs is 1. The zero-order valence-electron chi connectivity index (χ0n) is 14.6. The van der Waals surface area contributed by atoms with E-state index in [1.165, 1.54) is 6.92 Å². The molecule has 3 rings (SSSR count). The first-order chi connectivity index (χ1) is 12.9. The number of anilines is 1. The molecule has 0 saturated carbocycles. The first-order valence-electron chi connectivity index (χ1n) is 8.16. The van der Waals surface area contributed by atoms with Crippen LogP contribution in [0.4, 0.5) is 5.00 Å². The lowest BCUT2D eigenvalue weighted by atomic mass is 10.2. The van der Waals surface area contributed by atoms with Gasteiger partial charge in [-0.3, -0.25) is 9.59 Å². The predicted molar refractivity (Wildman–Crippen MR) is 105 cm³/mol. The van der Waals surface area contributed by atoms with Crippen molar-refractivity contribution in [3.05, 3.63) is 51.8 Å². The summed E-state index contributed by atoms with van der Waals surface area (Å²) in [5.41, 5.74) is 0.0399. The molecule has 1 N–H and O–H groups in total. The highest BCUT2D eigenvalue weighted by atomic mass is 35.5. The van der Waals surface area contributed by atoms with Gasteiger partial charge in [0.15, 0.2) is 5.69 Å². The van der Waals surface area contributed by atoms with Crippen LogP contribution in [-0.2, 0) is 9.53 Å². The Hall–Kier alpha value is -2.71. The number of hydrogen-bond acceptors (Lipinski definition) is 6. The number of thiophene rings is 1. The van der Waals surface area contributed by atoms with Crippen LogP contribution in [0.15, 0.2) is 40.5 Å². The fraction of sp³-hybridized carbons (Fsp3) is 0.222. The molecule has 0 radical (unpaired) electrons. The molecule has 7 nitrogen and oxygen atoms in total. The van der Waals surface area contributed by atoms with Gasteiger partial charge in [-0.1, -0.05) is 18.2 Å². The van der Waals surface area contributed by atoms with Crippen molar-refractivity contribution in [3.63, 3.8) is 0 Å². The highest BCUT2D eigenvalue weighted by molar-refractivity contribution is 7.16. The average Bonchev–Trinajstić information content (AvgIpc) is 3.07. The summed E-state index contributed by atoms with van der Waals surface area (Å²) in [5.74, 6) is -1.09. The smallest absolute Gasteiger partial charge is 0.359 e. The van der Waals surface area contributed by atoms with E-state index in [1.54, 1.807) is 42.6 Å². The second-order valence-electron chi connectivity index (χ2n) is 5.58. The zero-order chi connectivity index (χ0) is 19.6. The minimum atomic E-state index is -0.773. The average molecular weight is 406 g/mol. The number of carbonyl (C=O) groups is 2. The first kappa shape index (κ1) is 19.1. The van der Waals surface area contributed by atoms with Gasteiger partial charge >= 0.3 is 5.97 Å². The van der Waals surface area contributed by atoms with Gasteiger partial charge in [-0.25, -0.2) is 4.79 Å². The largest absolute Gasteiger partial charge is 0.461 e. The second-order valence-corrected chi connectivity index (χ2v) is 7.11. The number of ether oxygens (including phenoxy) is 1. The van der Waals surface area contributed by atoms with Crippen molar-refractivity contribution in [1.29, 1.82) is 0 Å². The van der Waals surface area contributed by atoms with Crippen LogP contribution in [0.5, 0.6) is 0 Å². The summed E-state index contributed by atoms with van der Waals surface area (Å²) in [6.07, 6.45) is 0.